The lowest BCUT2D eigenvalue weighted by molar-refractivity contribution is -0.134. The van der Waals surface area contributed by atoms with E-state index in [0.717, 1.165) is 56.8 Å². The first-order chi connectivity index (χ1) is 11.6. The molecule has 3 aliphatic heterocycles. The normalized spacial score (nSPS) is 30.2. The number of nitrogens with zero attached hydrogens (tertiary/aromatic N) is 4. The Morgan fingerprint density at radius 1 is 1.29 bits per heavy atom. The quantitative estimate of drug-likeness (QED) is 0.827. The zero-order valence-corrected chi connectivity index (χ0v) is 14.1. The van der Waals surface area contributed by atoms with Gasteiger partial charge in [-0.15, -0.1) is 10.2 Å². The van der Waals surface area contributed by atoms with Crippen molar-refractivity contribution >= 4 is 22.4 Å². The lowest BCUT2D eigenvalue weighted by atomic mass is 9.86. The molecular formula is C15H20F2N4O2S. The summed E-state index contributed by atoms with van der Waals surface area (Å²) in [6.45, 7) is 4.28. The average Bonchev–Trinajstić information content (AvgIpc) is 3.36. The number of aromatic nitrogens is 2. The van der Waals surface area contributed by atoms with Crippen LogP contribution in [-0.4, -0.2) is 60.4 Å². The van der Waals surface area contributed by atoms with Crippen LogP contribution in [0.4, 0.5) is 13.9 Å². The van der Waals surface area contributed by atoms with Crippen LogP contribution in [0.15, 0.2) is 0 Å². The first-order valence-electron chi connectivity index (χ1n) is 8.29. The minimum absolute atomic E-state index is 0.00872. The largest absolute Gasteiger partial charge is 0.381 e. The van der Waals surface area contributed by atoms with Gasteiger partial charge < -0.3 is 14.5 Å². The van der Waals surface area contributed by atoms with E-state index >= 15 is 0 Å². The van der Waals surface area contributed by atoms with E-state index in [1.165, 1.54) is 0 Å². The minimum atomic E-state index is -2.57. The third-order valence-corrected chi connectivity index (χ3v) is 6.35. The summed E-state index contributed by atoms with van der Waals surface area (Å²) < 4.78 is 30.7. The molecule has 2 unspecified atom stereocenters. The number of carbonyl (C=O) groups is 1. The summed E-state index contributed by atoms with van der Waals surface area (Å²) in [4.78, 5) is 16.5. The van der Waals surface area contributed by atoms with Gasteiger partial charge in [0, 0.05) is 38.2 Å². The fourth-order valence-electron chi connectivity index (χ4n) is 3.98. The second-order valence-corrected chi connectivity index (χ2v) is 7.95. The van der Waals surface area contributed by atoms with Crippen molar-refractivity contribution in [3.63, 3.8) is 0 Å². The Morgan fingerprint density at radius 3 is 2.83 bits per heavy atom. The van der Waals surface area contributed by atoms with Gasteiger partial charge in [0.05, 0.1) is 12.5 Å². The molecule has 1 spiro atoms. The lowest BCUT2D eigenvalue weighted by Crippen LogP contribution is -2.37. The Morgan fingerprint density at radius 2 is 2.12 bits per heavy atom. The third kappa shape index (κ3) is 2.88. The van der Waals surface area contributed by atoms with Crippen LogP contribution in [0.25, 0.3) is 0 Å². The van der Waals surface area contributed by atoms with Crippen molar-refractivity contribution in [2.45, 2.75) is 25.7 Å². The highest BCUT2D eigenvalue weighted by Crippen LogP contribution is 2.42. The van der Waals surface area contributed by atoms with E-state index in [4.69, 9.17) is 4.74 Å². The van der Waals surface area contributed by atoms with E-state index in [9.17, 15) is 13.6 Å². The van der Waals surface area contributed by atoms with E-state index in [-0.39, 0.29) is 22.2 Å². The Labute approximate surface area is 142 Å². The first-order valence-corrected chi connectivity index (χ1v) is 9.11. The minimum Gasteiger partial charge on any atom is -0.381 e. The van der Waals surface area contributed by atoms with Crippen molar-refractivity contribution in [2.24, 2.45) is 11.3 Å². The van der Waals surface area contributed by atoms with Gasteiger partial charge in [-0.05, 0) is 19.3 Å². The molecule has 0 saturated carbocycles. The maximum absolute atomic E-state index is 12.7. The van der Waals surface area contributed by atoms with Crippen LogP contribution in [-0.2, 0) is 9.53 Å². The molecule has 3 fully saturated rings. The average molecular weight is 358 g/mol. The Bertz CT molecular complexity index is 622. The van der Waals surface area contributed by atoms with E-state index < -0.39 is 6.43 Å². The van der Waals surface area contributed by atoms with E-state index in [2.05, 4.69) is 10.2 Å². The van der Waals surface area contributed by atoms with Gasteiger partial charge in [-0.3, -0.25) is 4.79 Å². The smallest absolute Gasteiger partial charge is 0.291 e. The van der Waals surface area contributed by atoms with Crippen LogP contribution in [0.2, 0.25) is 0 Å². The Balaban J connectivity index is 1.39. The van der Waals surface area contributed by atoms with Crippen LogP contribution in [0.3, 0.4) is 0 Å². The molecule has 3 saturated heterocycles. The monoisotopic (exact) mass is 358 g/mol. The molecule has 4 heterocycles. The van der Waals surface area contributed by atoms with Crippen molar-refractivity contribution in [1.29, 1.82) is 0 Å². The van der Waals surface area contributed by atoms with Gasteiger partial charge in [0.25, 0.3) is 6.43 Å². The Kier molecular flexibility index (Phi) is 4.16. The summed E-state index contributed by atoms with van der Waals surface area (Å²) in [6.07, 6.45) is 0.168. The fraction of sp³-hybridized carbons (Fsp3) is 0.800. The molecule has 0 aliphatic carbocycles. The number of likely N-dealkylation sites (tertiary alicyclic amines) is 1. The van der Waals surface area contributed by atoms with E-state index in [1.807, 2.05) is 9.80 Å². The highest BCUT2D eigenvalue weighted by molar-refractivity contribution is 7.15. The molecule has 0 N–H and O–H groups in total. The van der Waals surface area contributed by atoms with E-state index in [0.29, 0.717) is 18.3 Å². The van der Waals surface area contributed by atoms with Gasteiger partial charge in [0.15, 0.2) is 5.01 Å². The van der Waals surface area contributed by atoms with Crippen molar-refractivity contribution < 1.29 is 18.3 Å². The van der Waals surface area contributed by atoms with Gasteiger partial charge in [0.2, 0.25) is 11.0 Å². The summed E-state index contributed by atoms with van der Waals surface area (Å²) in [5, 5.41) is 7.82. The predicted octanol–water partition coefficient (Wildman–Crippen LogP) is 1.94. The topological polar surface area (TPSA) is 58.6 Å². The maximum atomic E-state index is 12.7. The number of alkyl halides is 2. The number of anilines is 1. The SMILES string of the molecule is O=C(C1CCOC1)N1CCC2(CCN(c3nnc(C(F)F)s3)C2)C1. The molecule has 0 radical (unpaired) electrons. The van der Waals surface area contributed by atoms with Crippen molar-refractivity contribution in [3.8, 4) is 0 Å². The first kappa shape index (κ1) is 16.1. The molecule has 1 aromatic heterocycles. The number of hydrogen-bond acceptors (Lipinski definition) is 6. The van der Waals surface area contributed by atoms with E-state index in [1.54, 1.807) is 0 Å². The summed E-state index contributed by atoms with van der Waals surface area (Å²) in [7, 11) is 0. The fourth-order valence-corrected chi connectivity index (χ4v) is 4.71. The summed E-state index contributed by atoms with van der Waals surface area (Å²) in [5.41, 5.74) is 0.0613. The summed E-state index contributed by atoms with van der Waals surface area (Å²) >= 11 is 0.965. The Hall–Kier alpha value is -1.35. The number of rotatable bonds is 3. The molecule has 24 heavy (non-hydrogen) atoms. The van der Waals surface area contributed by atoms with Crippen LogP contribution in [0, 0.1) is 11.3 Å². The molecule has 0 bridgehead atoms. The van der Waals surface area contributed by atoms with Crippen LogP contribution >= 0.6 is 11.3 Å². The second-order valence-electron chi connectivity index (χ2n) is 6.97. The number of amides is 1. The standard InChI is InChI=1S/C15H20F2N4O2S/c16-11(17)12-18-19-14(24-12)21-5-3-15(9-21)2-4-20(8-15)13(22)10-1-6-23-7-10/h10-11H,1-9H2. The van der Waals surface area contributed by atoms with Gasteiger partial charge in [0.1, 0.15) is 0 Å². The zero-order chi connectivity index (χ0) is 16.7. The molecule has 4 rings (SSSR count). The number of carbonyl (C=O) groups excluding carboxylic acids is 1. The number of ether oxygens (including phenoxy) is 1. The van der Waals surface area contributed by atoms with Crippen LogP contribution in [0.1, 0.15) is 30.7 Å². The molecule has 3 aliphatic rings. The summed E-state index contributed by atoms with van der Waals surface area (Å²) in [6, 6.07) is 0. The lowest BCUT2D eigenvalue weighted by Gasteiger charge is -2.25. The van der Waals surface area contributed by atoms with Gasteiger partial charge in [-0.25, -0.2) is 8.78 Å². The van der Waals surface area contributed by atoms with Gasteiger partial charge in [-0.2, -0.15) is 0 Å². The highest BCUT2D eigenvalue weighted by atomic mass is 32.1. The molecule has 6 nitrogen and oxygen atoms in total. The van der Waals surface area contributed by atoms with Crippen LogP contribution < -0.4 is 4.90 Å². The van der Waals surface area contributed by atoms with Gasteiger partial charge >= 0.3 is 0 Å². The number of halogens is 2. The van der Waals surface area contributed by atoms with Crippen molar-refractivity contribution in [2.75, 3.05) is 44.3 Å². The van der Waals surface area contributed by atoms with Crippen molar-refractivity contribution in [1.82, 2.24) is 15.1 Å². The molecule has 132 valence electrons. The molecular weight excluding hydrogens is 338 g/mol. The second kappa shape index (κ2) is 6.18. The highest BCUT2D eigenvalue weighted by Gasteiger charge is 2.46. The third-order valence-electron chi connectivity index (χ3n) is 5.35. The molecule has 2 atom stereocenters. The maximum Gasteiger partial charge on any atom is 0.291 e. The number of hydrogen-bond donors (Lipinski definition) is 0. The molecule has 0 aromatic carbocycles. The molecule has 1 aromatic rings. The van der Waals surface area contributed by atoms with Crippen LogP contribution in [0.5, 0.6) is 0 Å². The van der Waals surface area contributed by atoms with Gasteiger partial charge in [-0.1, -0.05) is 11.3 Å². The molecule has 1 amide bonds. The summed E-state index contributed by atoms with van der Waals surface area (Å²) in [5.74, 6) is 0.216. The molecule has 9 heteroatoms. The van der Waals surface area contributed by atoms with Crippen molar-refractivity contribution in [3.05, 3.63) is 5.01 Å². The zero-order valence-electron chi connectivity index (χ0n) is 13.3. The predicted molar refractivity (Wildman–Crippen MR) is 84.3 cm³/mol.